The highest BCUT2D eigenvalue weighted by Gasteiger charge is 2.11. The summed E-state index contributed by atoms with van der Waals surface area (Å²) in [5.74, 6) is 1.64. The second kappa shape index (κ2) is 6.39. The molecule has 3 aromatic rings. The largest absolute Gasteiger partial charge is 0.493 e. The summed E-state index contributed by atoms with van der Waals surface area (Å²) in [6.07, 6.45) is 0. The minimum absolute atomic E-state index is 0.416. The monoisotopic (exact) mass is 311 g/mol. The van der Waals surface area contributed by atoms with E-state index < -0.39 is 5.69 Å². The van der Waals surface area contributed by atoms with Crippen LogP contribution in [0.25, 0.3) is 10.9 Å². The maximum atomic E-state index is 11.8. The molecule has 0 aliphatic carbocycles. The molecule has 3 rings (SSSR count). The van der Waals surface area contributed by atoms with E-state index in [-0.39, 0.29) is 0 Å². The van der Waals surface area contributed by atoms with Crippen molar-refractivity contribution in [2.45, 2.75) is 6.54 Å². The Bertz CT molecular complexity index is 875. The lowest BCUT2D eigenvalue weighted by molar-refractivity contribution is 0.356. The van der Waals surface area contributed by atoms with Crippen molar-refractivity contribution in [3.63, 3.8) is 0 Å². The van der Waals surface area contributed by atoms with Crippen molar-refractivity contribution in [1.82, 2.24) is 9.97 Å². The third-order valence-corrected chi connectivity index (χ3v) is 3.54. The van der Waals surface area contributed by atoms with Gasteiger partial charge in [0.25, 0.3) is 0 Å². The molecule has 0 spiro atoms. The zero-order valence-electron chi connectivity index (χ0n) is 12.9. The normalized spacial score (nSPS) is 10.5. The summed E-state index contributed by atoms with van der Waals surface area (Å²) in [4.78, 5) is 18.5. The third-order valence-electron chi connectivity index (χ3n) is 3.54. The van der Waals surface area contributed by atoms with Gasteiger partial charge < -0.3 is 19.8 Å². The zero-order chi connectivity index (χ0) is 16.2. The lowest BCUT2D eigenvalue weighted by Crippen LogP contribution is -2.14. The average Bonchev–Trinajstić information content (AvgIpc) is 2.59. The van der Waals surface area contributed by atoms with E-state index in [0.29, 0.717) is 29.4 Å². The van der Waals surface area contributed by atoms with Gasteiger partial charge in [-0.15, -0.1) is 0 Å². The van der Waals surface area contributed by atoms with Gasteiger partial charge in [0.15, 0.2) is 11.5 Å². The van der Waals surface area contributed by atoms with Gasteiger partial charge in [-0.05, 0) is 11.6 Å². The summed E-state index contributed by atoms with van der Waals surface area (Å²) in [5, 5.41) is 3.97. The van der Waals surface area contributed by atoms with E-state index >= 15 is 0 Å². The number of H-pyrrole nitrogens is 1. The molecule has 0 aliphatic heterocycles. The summed E-state index contributed by atoms with van der Waals surface area (Å²) in [6.45, 7) is 0.570. The van der Waals surface area contributed by atoms with Crippen LogP contribution in [0.4, 0.5) is 5.82 Å². The first-order valence-corrected chi connectivity index (χ1v) is 7.15. The summed E-state index contributed by atoms with van der Waals surface area (Å²) in [7, 11) is 3.12. The molecule has 6 heteroatoms. The Labute approximate surface area is 133 Å². The van der Waals surface area contributed by atoms with Crippen molar-refractivity contribution in [3.8, 4) is 11.5 Å². The Kier molecular flexibility index (Phi) is 4.14. The number of methoxy groups -OCH3 is 2. The molecule has 0 bridgehead atoms. The van der Waals surface area contributed by atoms with Crippen LogP contribution in [0.1, 0.15) is 5.56 Å². The molecule has 118 valence electrons. The number of fused-ring (bicyclic) bond motifs is 1. The molecule has 0 unspecified atom stereocenters. The van der Waals surface area contributed by atoms with Crippen molar-refractivity contribution in [2.75, 3.05) is 19.5 Å². The fraction of sp³-hybridized carbons (Fsp3) is 0.176. The Hall–Kier alpha value is -3.02. The van der Waals surface area contributed by atoms with Crippen molar-refractivity contribution in [3.05, 3.63) is 58.5 Å². The van der Waals surface area contributed by atoms with E-state index in [1.54, 1.807) is 26.4 Å². The predicted molar refractivity (Wildman–Crippen MR) is 89.2 cm³/mol. The van der Waals surface area contributed by atoms with Crippen LogP contribution in [-0.2, 0) is 6.54 Å². The van der Waals surface area contributed by atoms with E-state index in [9.17, 15) is 4.79 Å². The Morgan fingerprint density at radius 3 is 2.48 bits per heavy atom. The number of hydrogen-bond donors (Lipinski definition) is 2. The van der Waals surface area contributed by atoms with Gasteiger partial charge in [0, 0.05) is 18.0 Å². The van der Waals surface area contributed by atoms with Crippen LogP contribution >= 0.6 is 0 Å². The van der Waals surface area contributed by atoms with Gasteiger partial charge in [0.05, 0.1) is 19.7 Å². The van der Waals surface area contributed by atoms with Crippen LogP contribution in [0.2, 0.25) is 0 Å². The first-order valence-electron chi connectivity index (χ1n) is 7.15. The lowest BCUT2D eigenvalue weighted by Gasteiger charge is -2.12. The van der Waals surface area contributed by atoms with E-state index in [0.717, 1.165) is 10.9 Å². The van der Waals surface area contributed by atoms with E-state index in [1.807, 2.05) is 30.3 Å². The third kappa shape index (κ3) is 3.11. The number of hydrogen-bond acceptors (Lipinski definition) is 5. The van der Waals surface area contributed by atoms with Gasteiger partial charge in [-0.25, -0.2) is 4.79 Å². The van der Waals surface area contributed by atoms with Gasteiger partial charge in [0.2, 0.25) is 0 Å². The molecule has 1 aromatic heterocycles. The molecule has 0 fully saturated rings. The van der Waals surface area contributed by atoms with Crippen molar-refractivity contribution in [2.24, 2.45) is 0 Å². The number of nitrogens with one attached hydrogen (secondary N) is 2. The van der Waals surface area contributed by atoms with Crippen molar-refractivity contribution < 1.29 is 9.47 Å². The molecule has 0 atom stereocenters. The SMILES string of the molecule is COc1cc2[nH]c(=O)nc(NCc3ccccc3)c2cc1OC. The summed E-state index contributed by atoms with van der Waals surface area (Å²) < 4.78 is 10.6. The highest BCUT2D eigenvalue weighted by Crippen LogP contribution is 2.33. The Morgan fingerprint density at radius 2 is 1.78 bits per heavy atom. The summed E-state index contributed by atoms with van der Waals surface area (Å²) >= 11 is 0. The molecule has 23 heavy (non-hydrogen) atoms. The lowest BCUT2D eigenvalue weighted by atomic mass is 10.2. The number of rotatable bonds is 5. The Balaban J connectivity index is 2.03. The first kappa shape index (κ1) is 14.9. The number of aromatic amines is 1. The molecule has 0 amide bonds. The van der Waals surface area contributed by atoms with Crippen LogP contribution in [0.15, 0.2) is 47.3 Å². The summed E-state index contributed by atoms with van der Waals surface area (Å²) in [5.41, 5.74) is 1.32. The van der Waals surface area contributed by atoms with Gasteiger partial charge in [-0.2, -0.15) is 4.98 Å². The van der Waals surface area contributed by atoms with E-state index in [1.165, 1.54) is 0 Å². The maximum absolute atomic E-state index is 11.8. The molecular formula is C17H17N3O3. The molecular weight excluding hydrogens is 294 g/mol. The average molecular weight is 311 g/mol. The molecule has 2 N–H and O–H groups in total. The fourth-order valence-corrected chi connectivity index (χ4v) is 2.40. The highest BCUT2D eigenvalue weighted by molar-refractivity contribution is 5.91. The van der Waals surface area contributed by atoms with Gasteiger partial charge in [0.1, 0.15) is 5.82 Å². The highest BCUT2D eigenvalue weighted by atomic mass is 16.5. The molecule has 0 radical (unpaired) electrons. The number of ether oxygens (including phenoxy) is 2. The smallest absolute Gasteiger partial charge is 0.347 e. The van der Waals surface area contributed by atoms with Crippen LogP contribution in [-0.4, -0.2) is 24.2 Å². The summed E-state index contributed by atoms with van der Waals surface area (Å²) in [6, 6.07) is 13.4. The molecule has 0 saturated heterocycles. The number of nitrogens with zero attached hydrogens (tertiary/aromatic N) is 1. The maximum Gasteiger partial charge on any atom is 0.347 e. The molecule has 0 aliphatic rings. The van der Waals surface area contributed by atoms with Crippen LogP contribution < -0.4 is 20.5 Å². The van der Waals surface area contributed by atoms with E-state index in [4.69, 9.17) is 9.47 Å². The van der Waals surface area contributed by atoms with Gasteiger partial charge in [-0.3, -0.25) is 0 Å². The minimum Gasteiger partial charge on any atom is -0.493 e. The molecule has 2 aromatic carbocycles. The van der Waals surface area contributed by atoms with E-state index in [2.05, 4.69) is 15.3 Å². The zero-order valence-corrected chi connectivity index (χ0v) is 12.9. The second-order valence-electron chi connectivity index (χ2n) is 4.98. The van der Waals surface area contributed by atoms with Gasteiger partial charge >= 0.3 is 5.69 Å². The molecule has 1 heterocycles. The van der Waals surface area contributed by atoms with Gasteiger partial charge in [-0.1, -0.05) is 30.3 Å². The second-order valence-corrected chi connectivity index (χ2v) is 4.98. The van der Waals surface area contributed by atoms with Crippen LogP contribution in [0, 0.1) is 0 Å². The van der Waals surface area contributed by atoms with Crippen molar-refractivity contribution >= 4 is 16.7 Å². The van der Waals surface area contributed by atoms with Crippen LogP contribution in [0.3, 0.4) is 0 Å². The topological polar surface area (TPSA) is 76.2 Å². The standard InChI is InChI=1S/C17H17N3O3/c1-22-14-8-12-13(9-15(14)23-2)19-17(21)20-16(12)18-10-11-6-4-3-5-7-11/h3-9H,10H2,1-2H3,(H2,18,19,20,21). The number of aromatic nitrogens is 2. The number of anilines is 1. The van der Waals surface area contributed by atoms with Crippen molar-refractivity contribution in [1.29, 1.82) is 0 Å². The fourth-order valence-electron chi connectivity index (χ4n) is 2.40. The van der Waals surface area contributed by atoms with Crippen LogP contribution in [0.5, 0.6) is 11.5 Å². The minimum atomic E-state index is -0.416. The molecule has 6 nitrogen and oxygen atoms in total. The number of benzene rings is 2. The Morgan fingerprint density at radius 1 is 1.09 bits per heavy atom. The quantitative estimate of drug-likeness (QED) is 0.757. The first-order chi connectivity index (χ1) is 11.2. The predicted octanol–water partition coefficient (Wildman–Crippen LogP) is 2.55. The molecule has 0 saturated carbocycles.